The summed E-state index contributed by atoms with van der Waals surface area (Å²) < 4.78 is 5.30. The highest BCUT2D eigenvalue weighted by Crippen LogP contribution is 2.31. The van der Waals surface area contributed by atoms with Crippen molar-refractivity contribution in [3.63, 3.8) is 0 Å². The Morgan fingerprint density at radius 3 is 3.00 bits per heavy atom. The van der Waals surface area contributed by atoms with Crippen LogP contribution in [0.4, 0.5) is 11.5 Å². The first-order chi connectivity index (χ1) is 10.3. The van der Waals surface area contributed by atoms with Crippen molar-refractivity contribution in [2.75, 3.05) is 12.4 Å². The third kappa shape index (κ3) is 1.86. The highest BCUT2D eigenvalue weighted by molar-refractivity contribution is 6.10. The number of hydrogen-bond acceptors (Lipinski definition) is 5. The summed E-state index contributed by atoms with van der Waals surface area (Å²) in [6, 6.07) is 5.79. The fraction of sp³-hybridized carbons (Fsp3) is 0.0714. The molecule has 0 radical (unpaired) electrons. The molecule has 0 aliphatic heterocycles. The van der Waals surface area contributed by atoms with Crippen LogP contribution in [0.3, 0.4) is 0 Å². The molecule has 3 N–H and O–H groups in total. The van der Waals surface area contributed by atoms with Crippen molar-refractivity contribution in [2.45, 2.75) is 0 Å². The van der Waals surface area contributed by atoms with E-state index in [9.17, 15) is 0 Å². The van der Waals surface area contributed by atoms with Gasteiger partial charge in [-0.05, 0) is 18.2 Å². The number of rotatable bonds is 3. The molecule has 4 aromatic rings. The minimum absolute atomic E-state index is 0.729. The van der Waals surface area contributed by atoms with E-state index in [0.29, 0.717) is 0 Å². The lowest BCUT2D eigenvalue weighted by Crippen LogP contribution is -1.90. The second-order valence-electron chi connectivity index (χ2n) is 4.61. The average Bonchev–Trinajstić information content (AvgIpc) is 3.17. The van der Waals surface area contributed by atoms with E-state index in [0.717, 1.165) is 39.1 Å². The van der Waals surface area contributed by atoms with E-state index in [4.69, 9.17) is 4.74 Å². The van der Waals surface area contributed by atoms with Crippen molar-refractivity contribution < 1.29 is 4.74 Å². The third-order valence-corrected chi connectivity index (χ3v) is 3.36. The number of benzene rings is 1. The quantitative estimate of drug-likeness (QED) is 0.536. The number of H-pyrrole nitrogens is 2. The molecule has 0 saturated heterocycles. The van der Waals surface area contributed by atoms with E-state index in [2.05, 4.69) is 30.7 Å². The van der Waals surface area contributed by atoms with E-state index >= 15 is 0 Å². The first-order valence-electron chi connectivity index (χ1n) is 6.42. The molecule has 3 heterocycles. The molecule has 0 aliphatic rings. The first-order valence-corrected chi connectivity index (χ1v) is 6.42. The van der Waals surface area contributed by atoms with Crippen LogP contribution in [0, 0.1) is 0 Å². The lowest BCUT2D eigenvalue weighted by Gasteiger charge is -2.05. The minimum Gasteiger partial charge on any atom is -0.497 e. The summed E-state index contributed by atoms with van der Waals surface area (Å²) >= 11 is 0. The molecular formula is C14H12N6O. The molecule has 4 rings (SSSR count). The van der Waals surface area contributed by atoms with E-state index in [1.807, 2.05) is 18.2 Å². The van der Waals surface area contributed by atoms with E-state index in [-0.39, 0.29) is 0 Å². The summed E-state index contributed by atoms with van der Waals surface area (Å²) in [6.45, 7) is 0. The van der Waals surface area contributed by atoms with Gasteiger partial charge in [0.2, 0.25) is 0 Å². The first kappa shape index (κ1) is 11.7. The molecule has 0 bridgehead atoms. The number of fused-ring (bicyclic) bond motifs is 3. The Bertz CT molecular complexity index is 912. The molecule has 3 aromatic heterocycles. The topological polar surface area (TPSA) is 91.5 Å². The number of aromatic nitrogens is 5. The summed E-state index contributed by atoms with van der Waals surface area (Å²) in [5, 5.41) is 19.2. The van der Waals surface area contributed by atoms with E-state index in [1.54, 1.807) is 25.7 Å². The second kappa shape index (κ2) is 4.48. The zero-order valence-electron chi connectivity index (χ0n) is 11.2. The summed E-state index contributed by atoms with van der Waals surface area (Å²) in [5.74, 6) is 1.51. The fourth-order valence-corrected chi connectivity index (χ4v) is 2.36. The van der Waals surface area contributed by atoms with Gasteiger partial charge >= 0.3 is 0 Å². The number of nitrogens with zero attached hydrogens (tertiary/aromatic N) is 3. The molecule has 7 nitrogen and oxygen atoms in total. The van der Waals surface area contributed by atoms with Crippen molar-refractivity contribution in [1.82, 2.24) is 25.4 Å². The molecule has 1 aromatic carbocycles. The van der Waals surface area contributed by atoms with Crippen LogP contribution >= 0.6 is 0 Å². The van der Waals surface area contributed by atoms with Crippen molar-refractivity contribution in [3.05, 3.63) is 36.8 Å². The Morgan fingerprint density at radius 2 is 2.19 bits per heavy atom. The van der Waals surface area contributed by atoms with Gasteiger partial charge in [0, 0.05) is 11.6 Å². The van der Waals surface area contributed by atoms with Gasteiger partial charge in [0.1, 0.15) is 5.75 Å². The number of aromatic amines is 2. The van der Waals surface area contributed by atoms with E-state index < -0.39 is 0 Å². The van der Waals surface area contributed by atoms with Crippen LogP contribution in [0.5, 0.6) is 5.75 Å². The number of ether oxygens (including phenoxy) is 1. The lowest BCUT2D eigenvalue weighted by atomic mass is 10.1. The highest BCUT2D eigenvalue weighted by Gasteiger charge is 2.12. The van der Waals surface area contributed by atoms with Crippen molar-refractivity contribution >= 4 is 33.3 Å². The maximum Gasteiger partial charge on any atom is 0.160 e. The maximum atomic E-state index is 5.30. The molecule has 0 unspecified atom stereocenters. The van der Waals surface area contributed by atoms with Crippen molar-refractivity contribution in [2.24, 2.45) is 0 Å². The van der Waals surface area contributed by atoms with Crippen molar-refractivity contribution in [1.29, 1.82) is 0 Å². The Hall–Kier alpha value is -3.09. The van der Waals surface area contributed by atoms with Crippen LogP contribution in [0.2, 0.25) is 0 Å². The summed E-state index contributed by atoms with van der Waals surface area (Å²) in [5.41, 5.74) is 2.60. The van der Waals surface area contributed by atoms with Gasteiger partial charge < -0.3 is 10.1 Å². The minimum atomic E-state index is 0.729. The predicted octanol–water partition coefficient (Wildman–Crippen LogP) is 2.59. The predicted molar refractivity (Wildman–Crippen MR) is 79.8 cm³/mol. The molecule has 0 spiro atoms. The van der Waals surface area contributed by atoms with Crippen molar-refractivity contribution in [3.8, 4) is 5.75 Å². The standard InChI is InChI=1S/C14H12N6O/c1-21-9-2-3-11-10(4-9)13-12(7-15-11)19-20-14(13)18-8-5-16-17-6-8/h2-7H,1H3,(H,16,17)(H2,18,19,20). The molecule has 0 saturated carbocycles. The molecule has 7 heteroatoms. The highest BCUT2D eigenvalue weighted by atomic mass is 16.5. The lowest BCUT2D eigenvalue weighted by molar-refractivity contribution is 0.415. The number of methoxy groups -OCH3 is 1. The Balaban J connectivity index is 1.97. The Labute approximate surface area is 119 Å². The summed E-state index contributed by atoms with van der Waals surface area (Å²) in [7, 11) is 1.65. The smallest absolute Gasteiger partial charge is 0.160 e. The van der Waals surface area contributed by atoms with Gasteiger partial charge in [-0.1, -0.05) is 0 Å². The van der Waals surface area contributed by atoms with E-state index in [1.165, 1.54) is 0 Å². The molecule has 0 atom stereocenters. The zero-order chi connectivity index (χ0) is 14.2. The number of anilines is 2. The molecular weight excluding hydrogens is 268 g/mol. The van der Waals surface area contributed by atoms with Gasteiger partial charge in [-0.3, -0.25) is 15.2 Å². The average molecular weight is 280 g/mol. The maximum absolute atomic E-state index is 5.30. The Morgan fingerprint density at radius 1 is 1.24 bits per heavy atom. The van der Waals surface area contributed by atoms with Crippen LogP contribution < -0.4 is 10.1 Å². The fourth-order valence-electron chi connectivity index (χ4n) is 2.36. The van der Waals surface area contributed by atoms with Gasteiger partial charge in [0.25, 0.3) is 0 Å². The summed E-state index contributed by atoms with van der Waals surface area (Å²) in [6.07, 6.45) is 5.24. The van der Waals surface area contributed by atoms with Crippen LogP contribution in [0.1, 0.15) is 0 Å². The molecule has 0 aliphatic carbocycles. The monoisotopic (exact) mass is 280 g/mol. The molecule has 21 heavy (non-hydrogen) atoms. The normalized spacial score (nSPS) is 11.1. The van der Waals surface area contributed by atoms with Crippen LogP contribution in [0.25, 0.3) is 21.8 Å². The summed E-state index contributed by atoms with van der Waals surface area (Å²) in [4.78, 5) is 4.42. The van der Waals surface area contributed by atoms with Crippen LogP contribution in [-0.2, 0) is 0 Å². The Kier molecular flexibility index (Phi) is 2.50. The number of pyridine rings is 1. The van der Waals surface area contributed by atoms with Gasteiger partial charge in [-0.2, -0.15) is 10.2 Å². The van der Waals surface area contributed by atoms with Gasteiger partial charge in [0.05, 0.1) is 41.6 Å². The van der Waals surface area contributed by atoms with Gasteiger partial charge in [0.15, 0.2) is 5.82 Å². The third-order valence-electron chi connectivity index (χ3n) is 3.36. The molecule has 0 fully saturated rings. The second-order valence-corrected chi connectivity index (χ2v) is 4.61. The largest absolute Gasteiger partial charge is 0.497 e. The van der Waals surface area contributed by atoms with Crippen LogP contribution in [0.15, 0.2) is 36.8 Å². The zero-order valence-corrected chi connectivity index (χ0v) is 11.2. The van der Waals surface area contributed by atoms with Gasteiger partial charge in [-0.15, -0.1) is 0 Å². The number of nitrogens with one attached hydrogen (secondary N) is 3. The molecule has 104 valence electrons. The SMILES string of the molecule is COc1ccc2ncc3[nH]nc(Nc4cn[nH]c4)c3c2c1. The molecule has 0 amide bonds. The van der Waals surface area contributed by atoms with Gasteiger partial charge in [-0.25, -0.2) is 0 Å². The van der Waals surface area contributed by atoms with Crippen LogP contribution in [-0.4, -0.2) is 32.5 Å². The number of hydrogen-bond donors (Lipinski definition) is 3.